The quantitative estimate of drug-likeness (QED) is 0.799. The van der Waals surface area contributed by atoms with Crippen LogP contribution in [-0.2, 0) is 13.5 Å². The minimum atomic E-state index is 0.462. The van der Waals surface area contributed by atoms with Crippen LogP contribution in [0.3, 0.4) is 0 Å². The molecule has 0 aliphatic heterocycles. The summed E-state index contributed by atoms with van der Waals surface area (Å²) in [5.74, 6) is 3.04. The summed E-state index contributed by atoms with van der Waals surface area (Å²) in [4.78, 5) is 4.39. The topological polar surface area (TPSA) is 30.7 Å². The lowest BCUT2D eigenvalue weighted by atomic mass is 9.72. The Bertz CT molecular complexity index is 389. The largest absolute Gasteiger partial charge is 0.253 e. The number of hydrogen-bond acceptors (Lipinski definition) is 2. The maximum atomic E-state index is 4.39. The molecule has 0 spiro atoms. The van der Waals surface area contributed by atoms with Crippen molar-refractivity contribution in [3.8, 4) is 0 Å². The SMILES string of the molecule is Cn1ncnc1CC1(CBr)CC2CCC1C2. The van der Waals surface area contributed by atoms with E-state index in [1.54, 1.807) is 6.33 Å². The zero-order valence-electron chi connectivity index (χ0n) is 9.69. The second-order valence-electron chi connectivity index (χ2n) is 5.55. The first kappa shape index (κ1) is 10.8. The molecule has 2 aliphatic rings. The van der Waals surface area contributed by atoms with Gasteiger partial charge in [-0.15, -0.1) is 0 Å². The molecule has 2 saturated carbocycles. The van der Waals surface area contributed by atoms with Gasteiger partial charge in [-0.25, -0.2) is 4.98 Å². The van der Waals surface area contributed by atoms with Crippen LogP contribution in [0.25, 0.3) is 0 Å². The molecule has 2 fully saturated rings. The molecule has 3 atom stereocenters. The van der Waals surface area contributed by atoms with E-state index in [9.17, 15) is 0 Å². The highest BCUT2D eigenvalue weighted by Crippen LogP contribution is 2.57. The first-order chi connectivity index (χ1) is 7.73. The molecule has 4 heteroatoms. The summed E-state index contributed by atoms with van der Waals surface area (Å²) in [6.07, 6.45) is 8.48. The van der Waals surface area contributed by atoms with Gasteiger partial charge in [-0.3, -0.25) is 4.68 Å². The average Bonchev–Trinajstić information content (AvgIpc) is 2.96. The standard InChI is InChI=1S/C12H18BrN3/c1-16-11(14-8-15-16)6-12(7-13)5-9-2-3-10(12)4-9/h8-10H,2-7H2,1H3. The van der Waals surface area contributed by atoms with Crippen LogP contribution in [0, 0.1) is 17.3 Å². The van der Waals surface area contributed by atoms with Gasteiger partial charge in [0.15, 0.2) is 0 Å². The van der Waals surface area contributed by atoms with Crippen LogP contribution in [0.15, 0.2) is 6.33 Å². The summed E-state index contributed by atoms with van der Waals surface area (Å²) < 4.78 is 1.93. The molecule has 1 heterocycles. The molecular weight excluding hydrogens is 266 g/mol. The van der Waals surface area contributed by atoms with Gasteiger partial charge in [0.1, 0.15) is 12.2 Å². The average molecular weight is 284 g/mol. The molecule has 3 unspecified atom stereocenters. The zero-order valence-corrected chi connectivity index (χ0v) is 11.3. The number of nitrogens with zero attached hydrogens (tertiary/aromatic N) is 3. The van der Waals surface area contributed by atoms with Gasteiger partial charge in [-0.05, 0) is 36.5 Å². The molecule has 2 aliphatic carbocycles. The van der Waals surface area contributed by atoms with Gasteiger partial charge in [0.2, 0.25) is 0 Å². The lowest BCUT2D eigenvalue weighted by Gasteiger charge is -2.35. The Morgan fingerprint density at radius 3 is 2.94 bits per heavy atom. The van der Waals surface area contributed by atoms with Crippen LogP contribution in [0.1, 0.15) is 31.5 Å². The fourth-order valence-electron chi connectivity index (χ4n) is 3.78. The summed E-state index contributed by atoms with van der Waals surface area (Å²) in [6.45, 7) is 0. The van der Waals surface area contributed by atoms with Gasteiger partial charge in [-0.2, -0.15) is 5.10 Å². The van der Waals surface area contributed by atoms with E-state index in [2.05, 4.69) is 26.0 Å². The third-order valence-electron chi connectivity index (χ3n) is 4.68. The first-order valence-corrected chi connectivity index (χ1v) is 7.24. The van der Waals surface area contributed by atoms with E-state index in [1.165, 1.54) is 25.7 Å². The summed E-state index contributed by atoms with van der Waals surface area (Å²) in [5.41, 5.74) is 0.462. The highest BCUT2D eigenvalue weighted by Gasteiger charge is 2.50. The minimum Gasteiger partial charge on any atom is -0.253 e. The predicted molar refractivity (Wildman–Crippen MR) is 66.4 cm³/mol. The van der Waals surface area contributed by atoms with Crippen LogP contribution >= 0.6 is 15.9 Å². The normalized spacial score (nSPS) is 37.1. The van der Waals surface area contributed by atoms with Crippen LogP contribution in [0.4, 0.5) is 0 Å². The fourth-order valence-corrected chi connectivity index (χ4v) is 4.67. The summed E-state index contributed by atoms with van der Waals surface area (Å²) >= 11 is 3.75. The van der Waals surface area contributed by atoms with E-state index in [0.29, 0.717) is 5.41 Å². The number of rotatable bonds is 3. The third-order valence-corrected chi connectivity index (χ3v) is 5.80. The maximum Gasteiger partial charge on any atom is 0.138 e. The van der Waals surface area contributed by atoms with Crippen LogP contribution in [0.2, 0.25) is 0 Å². The number of halogens is 1. The minimum absolute atomic E-state index is 0.462. The van der Waals surface area contributed by atoms with Gasteiger partial charge in [0.25, 0.3) is 0 Å². The summed E-state index contributed by atoms with van der Waals surface area (Å²) in [5, 5.41) is 5.30. The van der Waals surface area contributed by atoms with Crippen LogP contribution < -0.4 is 0 Å². The zero-order chi connectivity index (χ0) is 11.2. The lowest BCUT2D eigenvalue weighted by molar-refractivity contribution is 0.191. The van der Waals surface area contributed by atoms with E-state index in [-0.39, 0.29) is 0 Å². The Kier molecular flexibility index (Phi) is 2.57. The van der Waals surface area contributed by atoms with Gasteiger partial charge in [-0.1, -0.05) is 22.4 Å². The fraction of sp³-hybridized carbons (Fsp3) is 0.833. The molecule has 1 aromatic rings. The molecular formula is C12H18BrN3. The van der Waals surface area contributed by atoms with Crippen molar-refractivity contribution < 1.29 is 0 Å². The van der Waals surface area contributed by atoms with E-state index >= 15 is 0 Å². The Balaban J connectivity index is 1.84. The van der Waals surface area contributed by atoms with E-state index in [1.807, 2.05) is 11.7 Å². The van der Waals surface area contributed by atoms with Gasteiger partial charge < -0.3 is 0 Å². The molecule has 0 N–H and O–H groups in total. The van der Waals surface area contributed by atoms with Gasteiger partial charge in [0.05, 0.1) is 0 Å². The molecule has 0 radical (unpaired) electrons. The van der Waals surface area contributed by atoms with Crippen molar-refractivity contribution >= 4 is 15.9 Å². The number of fused-ring (bicyclic) bond motifs is 2. The van der Waals surface area contributed by atoms with E-state index < -0.39 is 0 Å². The van der Waals surface area contributed by atoms with Gasteiger partial charge >= 0.3 is 0 Å². The molecule has 0 amide bonds. The Morgan fingerprint density at radius 1 is 1.56 bits per heavy atom. The van der Waals surface area contributed by atoms with Crippen LogP contribution in [-0.4, -0.2) is 20.1 Å². The molecule has 0 aromatic carbocycles. The third kappa shape index (κ3) is 1.53. The monoisotopic (exact) mass is 283 g/mol. The van der Waals surface area contributed by atoms with Crippen molar-refractivity contribution in [2.45, 2.75) is 32.1 Å². The maximum absolute atomic E-state index is 4.39. The lowest BCUT2D eigenvalue weighted by Crippen LogP contribution is -2.33. The second kappa shape index (κ2) is 3.83. The van der Waals surface area contributed by atoms with Crippen molar-refractivity contribution in [3.63, 3.8) is 0 Å². The van der Waals surface area contributed by atoms with E-state index in [0.717, 1.165) is 29.4 Å². The smallest absolute Gasteiger partial charge is 0.138 e. The number of aryl methyl sites for hydroxylation is 1. The number of aromatic nitrogens is 3. The van der Waals surface area contributed by atoms with Crippen molar-refractivity contribution in [2.75, 3.05) is 5.33 Å². The molecule has 16 heavy (non-hydrogen) atoms. The number of alkyl halides is 1. The Labute approximate surface area is 105 Å². The first-order valence-electron chi connectivity index (χ1n) is 6.12. The molecule has 0 saturated heterocycles. The molecule has 3 nitrogen and oxygen atoms in total. The predicted octanol–water partition coefficient (Wildman–Crippen LogP) is 2.56. The van der Waals surface area contributed by atoms with Crippen molar-refractivity contribution in [1.29, 1.82) is 0 Å². The summed E-state index contributed by atoms with van der Waals surface area (Å²) in [6, 6.07) is 0. The molecule has 88 valence electrons. The van der Waals surface area contributed by atoms with Crippen molar-refractivity contribution in [3.05, 3.63) is 12.2 Å². The second-order valence-corrected chi connectivity index (χ2v) is 6.11. The highest BCUT2D eigenvalue weighted by molar-refractivity contribution is 9.09. The molecule has 1 aromatic heterocycles. The number of hydrogen-bond donors (Lipinski definition) is 0. The van der Waals surface area contributed by atoms with Gasteiger partial charge in [0, 0.05) is 18.8 Å². The van der Waals surface area contributed by atoms with Crippen LogP contribution in [0.5, 0.6) is 0 Å². The van der Waals surface area contributed by atoms with Crippen molar-refractivity contribution in [2.24, 2.45) is 24.3 Å². The molecule has 3 rings (SSSR count). The Morgan fingerprint density at radius 2 is 2.44 bits per heavy atom. The van der Waals surface area contributed by atoms with E-state index in [4.69, 9.17) is 0 Å². The summed E-state index contributed by atoms with van der Waals surface area (Å²) in [7, 11) is 2.00. The van der Waals surface area contributed by atoms with Crippen molar-refractivity contribution in [1.82, 2.24) is 14.8 Å². The Hall–Kier alpha value is -0.380. The molecule has 2 bridgehead atoms. The highest BCUT2D eigenvalue weighted by atomic mass is 79.9.